The van der Waals surface area contributed by atoms with Crippen LogP contribution in [0.5, 0.6) is 0 Å². The number of benzene rings is 1. The normalized spacial score (nSPS) is 29.3. The summed E-state index contributed by atoms with van der Waals surface area (Å²) in [5.74, 6) is -0.590. The fourth-order valence-corrected chi connectivity index (χ4v) is 4.20. The van der Waals surface area contributed by atoms with Gasteiger partial charge in [0.15, 0.2) is 0 Å². The fourth-order valence-electron chi connectivity index (χ4n) is 3.87. The first kappa shape index (κ1) is 15.0. The zero-order valence-corrected chi connectivity index (χ0v) is 13.4. The quantitative estimate of drug-likeness (QED) is 0.896. The summed E-state index contributed by atoms with van der Waals surface area (Å²) in [7, 11) is 0. The fraction of sp³-hybridized carbons (Fsp3) is 0.562. The van der Waals surface area contributed by atoms with E-state index >= 15 is 0 Å². The lowest BCUT2D eigenvalue weighted by molar-refractivity contribution is -0.142. The predicted octanol–water partition coefficient (Wildman–Crippen LogP) is 3.81. The largest absolute Gasteiger partial charge is 0.480 e. The van der Waals surface area contributed by atoms with Crippen molar-refractivity contribution in [2.45, 2.75) is 50.7 Å². The Morgan fingerprint density at radius 3 is 2.86 bits per heavy atom. The van der Waals surface area contributed by atoms with Crippen LogP contribution < -0.4 is 0 Å². The number of hydrogen-bond donors (Lipinski definition) is 1. The zero-order valence-electron chi connectivity index (χ0n) is 11.8. The molecule has 3 atom stereocenters. The molecule has 0 amide bonds. The van der Waals surface area contributed by atoms with Gasteiger partial charge in [0.05, 0.1) is 0 Å². The van der Waals surface area contributed by atoms with Gasteiger partial charge in [-0.3, -0.25) is 9.69 Å². The molecule has 1 aromatic rings. The number of carboxylic acids is 1. The van der Waals surface area contributed by atoms with E-state index in [1.807, 2.05) is 11.0 Å². The van der Waals surface area contributed by atoms with Gasteiger partial charge in [0.1, 0.15) is 11.9 Å². The molecule has 1 aliphatic carbocycles. The van der Waals surface area contributed by atoms with E-state index in [0.717, 1.165) is 19.3 Å². The van der Waals surface area contributed by atoms with Gasteiger partial charge in [0, 0.05) is 22.6 Å². The molecule has 0 radical (unpaired) electrons. The number of rotatable bonds is 3. The third-order valence-corrected chi connectivity index (χ3v) is 5.37. The van der Waals surface area contributed by atoms with Gasteiger partial charge in [0.2, 0.25) is 0 Å². The number of fused-ring (bicyclic) bond motifs is 1. The standard InChI is InChI=1S/C16H19BrFNO2/c17-12-6-5-11(13(18)8-12)9-19-14-4-2-1-3-10(14)7-15(19)16(20)21/h5-6,8,10,14-15H,1-4,7,9H2,(H,20,21). The van der Waals surface area contributed by atoms with Crippen LogP contribution in [0.15, 0.2) is 22.7 Å². The molecule has 0 spiro atoms. The van der Waals surface area contributed by atoms with Crippen LogP contribution in [0.4, 0.5) is 4.39 Å². The van der Waals surface area contributed by atoms with E-state index in [0.29, 0.717) is 35.0 Å². The molecule has 2 fully saturated rings. The summed E-state index contributed by atoms with van der Waals surface area (Å²) >= 11 is 3.25. The van der Waals surface area contributed by atoms with E-state index in [1.165, 1.54) is 12.5 Å². The van der Waals surface area contributed by atoms with Crippen molar-refractivity contribution in [2.24, 2.45) is 5.92 Å². The van der Waals surface area contributed by atoms with Gasteiger partial charge in [-0.15, -0.1) is 0 Å². The number of likely N-dealkylation sites (tertiary alicyclic amines) is 1. The number of halogens is 2. The molecule has 3 rings (SSSR count). The van der Waals surface area contributed by atoms with Gasteiger partial charge >= 0.3 is 5.97 Å². The van der Waals surface area contributed by atoms with Crippen LogP contribution in [-0.2, 0) is 11.3 Å². The maximum absolute atomic E-state index is 14.1. The second-order valence-electron chi connectivity index (χ2n) is 6.11. The number of hydrogen-bond acceptors (Lipinski definition) is 2. The molecule has 0 aromatic heterocycles. The summed E-state index contributed by atoms with van der Waals surface area (Å²) < 4.78 is 14.8. The van der Waals surface area contributed by atoms with Crippen molar-refractivity contribution in [3.8, 4) is 0 Å². The van der Waals surface area contributed by atoms with Gasteiger partial charge in [-0.2, -0.15) is 0 Å². The molecule has 1 heterocycles. The van der Waals surface area contributed by atoms with Crippen LogP contribution in [0, 0.1) is 11.7 Å². The van der Waals surface area contributed by atoms with Crippen molar-refractivity contribution in [3.05, 3.63) is 34.1 Å². The Kier molecular flexibility index (Phi) is 4.31. The average Bonchev–Trinajstić information content (AvgIpc) is 2.81. The van der Waals surface area contributed by atoms with Crippen LogP contribution >= 0.6 is 15.9 Å². The van der Waals surface area contributed by atoms with E-state index in [4.69, 9.17) is 0 Å². The van der Waals surface area contributed by atoms with E-state index in [2.05, 4.69) is 15.9 Å². The molecule has 2 aliphatic rings. The molecule has 5 heteroatoms. The van der Waals surface area contributed by atoms with E-state index < -0.39 is 12.0 Å². The first-order valence-corrected chi connectivity index (χ1v) is 8.28. The molecule has 1 aliphatic heterocycles. The third-order valence-electron chi connectivity index (χ3n) is 4.87. The first-order valence-electron chi connectivity index (χ1n) is 7.48. The Labute approximate surface area is 132 Å². The third kappa shape index (κ3) is 2.99. The summed E-state index contributed by atoms with van der Waals surface area (Å²) in [5, 5.41) is 9.48. The summed E-state index contributed by atoms with van der Waals surface area (Å²) in [6.07, 6.45) is 5.18. The smallest absolute Gasteiger partial charge is 0.320 e. The first-order chi connectivity index (χ1) is 10.1. The molecule has 3 nitrogen and oxygen atoms in total. The highest BCUT2D eigenvalue weighted by molar-refractivity contribution is 9.10. The second-order valence-corrected chi connectivity index (χ2v) is 7.03. The Morgan fingerprint density at radius 1 is 1.38 bits per heavy atom. The lowest BCUT2D eigenvalue weighted by atomic mass is 9.84. The van der Waals surface area contributed by atoms with E-state index in [1.54, 1.807) is 6.07 Å². The lowest BCUT2D eigenvalue weighted by Gasteiger charge is -2.33. The molecule has 1 saturated heterocycles. The maximum atomic E-state index is 14.1. The molecule has 0 bridgehead atoms. The van der Waals surface area contributed by atoms with Crippen molar-refractivity contribution < 1.29 is 14.3 Å². The Balaban J connectivity index is 1.84. The molecule has 114 valence electrons. The topological polar surface area (TPSA) is 40.5 Å². The number of nitrogens with zero attached hydrogens (tertiary/aromatic N) is 1. The van der Waals surface area contributed by atoms with Crippen molar-refractivity contribution in [1.29, 1.82) is 0 Å². The predicted molar refractivity (Wildman–Crippen MR) is 81.4 cm³/mol. The van der Waals surface area contributed by atoms with Gasteiger partial charge in [0.25, 0.3) is 0 Å². The Bertz CT molecular complexity index is 551. The molecule has 3 unspecified atom stereocenters. The van der Waals surface area contributed by atoms with E-state index in [9.17, 15) is 14.3 Å². The van der Waals surface area contributed by atoms with Gasteiger partial charge in [-0.1, -0.05) is 34.8 Å². The van der Waals surface area contributed by atoms with Gasteiger partial charge < -0.3 is 5.11 Å². The zero-order chi connectivity index (χ0) is 15.0. The highest BCUT2D eigenvalue weighted by Crippen LogP contribution is 2.40. The summed E-state index contributed by atoms with van der Waals surface area (Å²) in [6, 6.07) is 4.82. The van der Waals surface area contributed by atoms with Crippen molar-refractivity contribution in [3.63, 3.8) is 0 Å². The van der Waals surface area contributed by atoms with E-state index in [-0.39, 0.29) is 5.82 Å². The summed E-state index contributed by atoms with van der Waals surface area (Å²) in [6.45, 7) is 0.386. The Hall–Kier alpha value is -0.940. The van der Waals surface area contributed by atoms with Gasteiger partial charge in [-0.05, 0) is 37.3 Å². The number of carbonyl (C=O) groups is 1. The molecule has 21 heavy (non-hydrogen) atoms. The minimum Gasteiger partial charge on any atom is -0.480 e. The monoisotopic (exact) mass is 355 g/mol. The average molecular weight is 356 g/mol. The minimum atomic E-state index is -0.776. The molecule has 1 saturated carbocycles. The van der Waals surface area contributed by atoms with Crippen LogP contribution in [0.3, 0.4) is 0 Å². The lowest BCUT2D eigenvalue weighted by Crippen LogP contribution is -2.41. The van der Waals surface area contributed by atoms with Crippen LogP contribution in [0.1, 0.15) is 37.7 Å². The molecule has 1 N–H and O–H groups in total. The van der Waals surface area contributed by atoms with Crippen molar-refractivity contribution >= 4 is 21.9 Å². The minimum absolute atomic E-state index is 0.271. The summed E-state index contributed by atoms with van der Waals surface area (Å²) in [4.78, 5) is 13.6. The number of carboxylic acid groups (broad SMARTS) is 1. The molecular weight excluding hydrogens is 337 g/mol. The van der Waals surface area contributed by atoms with Crippen LogP contribution in [-0.4, -0.2) is 28.1 Å². The number of aliphatic carboxylic acids is 1. The van der Waals surface area contributed by atoms with Crippen molar-refractivity contribution in [1.82, 2.24) is 4.90 Å². The SMILES string of the molecule is O=C(O)C1CC2CCCCC2N1Cc1ccc(Br)cc1F. The van der Waals surface area contributed by atoms with Crippen LogP contribution in [0.2, 0.25) is 0 Å². The highest BCUT2D eigenvalue weighted by Gasteiger charge is 2.45. The summed E-state index contributed by atoms with van der Waals surface area (Å²) in [5.41, 5.74) is 0.579. The molecule has 1 aromatic carbocycles. The Morgan fingerprint density at radius 2 is 2.14 bits per heavy atom. The van der Waals surface area contributed by atoms with Crippen molar-refractivity contribution in [2.75, 3.05) is 0 Å². The maximum Gasteiger partial charge on any atom is 0.320 e. The second kappa shape index (κ2) is 6.05. The van der Waals surface area contributed by atoms with Gasteiger partial charge in [-0.25, -0.2) is 4.39 Å². The molecular formula is C16H19BrFNO2. The van der Waals surface area contributed by atoms with Crippen LogP contribution in [0.25, 0.3) is 0 Å². The highest BCUT2D eigenvalue weighted by atomic mass is 79.9.